The van der Waals surface area contributed by atoms with Gasteiger partial charge in [0, 0.05) is 17.8 Å². The normalized spacial score (nSPS) is 10.3. The van der Waals surface area contributed by atoms with E-state index in [0.717, 1.165) is 0 Å². The highest BCUT2D eigenvalue weighted by Crippen LogP contribution is 2.31. The van der Waals surface area contributed by atoms with Gasteiger partial charge in [-0.3, -0.25) is 10.1 Å². The highest BCUT2D eigenvalue weighted by Gasteiger charge is 2.17. The van der Waals surface area contributed by atoms with E-state index in [1.807, 2.05) is 6.07 Å². The van der Waals surface area contributed by atoms with Gasteiger partial charge in [-0.1, -0.05) is 18.2 Å². The maximum absolute atomic E-state index is 12.1. The summed E-state index contributed by atoms with van der Waals surface area (Å²) in [6.45, 7) is 0. The van der Waals surface area contributed by atoms with Crippen molar-refractivity contribution in [2.75, 3.05) is 7.11 Å². The molecular weight excluding hydrogens is 326 g/mol. The molecule has 126 valence electrons. The number of hydrogen-bond acceptors (Lipinski definition) is 6. The van der Waals surface area contributed by atoms with E-state index in [1.165, 1.54) is 36.3 Å². The van der Waals surface area contributed by atoms with Gasteiger partial charge in [0.15, 0.2) is 5.75 Å². The van der Waals surface area contributed by atoms with Gasteiger partial charge in [0.1, 0.15) is 12.1 Å². The summed E-state index contributed by atoms with van der Waals surface area (Å²) in [6, 6.07) is 13.1. The number of imidazole rings is 1. The Morgan fingerprint density at radius 1 is 1.20 bits per heavy atom. The first-order chi connectivity index (χ1) is 12.1. The number of methoxy groups -OCH3 is 1. The zero-order valence-electron chi connectivity index (χ0n) is 13.2. The first kappa shape index (κ1) is 16.2. The minimum absolute atomic E-state index is 0.150. The third-order valence-corrected chi connectivity index (χ3v) is 3.41. The monoisotopic (exact) mass is 339 g/mol. The highest BCUT2D eigenvalue weighted by molar-refractivity contribution is 5.75. The fraction of sp³-hybridized carbons (Fsp3) is 0.0588. The van der Waals surface area contributed by atoms with Gasteiger partial charge in [0.2, 0.25) is 0 Å². The molecule has 3 rings (SSSR count). The van der Waals surface area contributed by atoms with Crippen molar-refractivity contribution in [3.63, 3.8) is 0 Å². The van der Waals surface area contributed by atoms with Gasteiger partial charge in [0.25, 0.3) is 0 Å². The zero-order valence-corrected chi connectivity index (χ0v) is 13.2. The molecule has 1 heterocycles. The summed E-state index contributed by atoms with van der Waals surface area (Å²) in [6.07, 6.45) is 2.10. The molecule has 0 saturated heterocycles. The van der Waals surface area contributed by atoms with Crippen molar-refractivity contribution in [1.82, 2.24) is 9.55 Å². The fourth-order valence-electron chi connectivity index (χ4n) is 2.21. The molecule has 0 bridgehead atoms. The summed E-state index contributed by atoms with van der Waals surface area (Å²) in [4.78, 5) is 26.8. The molecule has 25 heavy (non-hydrogen) atoms. The maximum Gasteiger partial charge on any atom is 0.424 e. The number of benzene rings is 2. The Balaban J connectivity index is 1.85. The average molecular weight is 339 g/mol. The molecule has 0 aliphatic carbocycles. The van der Waals surface area contributed by atoms with E-state index >= 15 is 0 Å². The van der Waals surface area contributed by atoms with Crippen LogP contribution < -0.4 is 9.47 Å². The van der Waals surface area contributed by atoms with E-state index in [0.29, 0.717) is 17.0 Å². The Morgan fingerprint density at radius 2 is 1.96 bits per heavy atom. The zero-order chi connectivity index (χ0) is 17.8. The topological polar surface area (TPSA) is 96.5 Å². The Morgan fingerprint density at radius 3 is 2.64 bits per heavy atom. The van der Waals surface area contributed by atoms with E-state index in [2.05, 4.69) is 4.98 Å². The first-order valence-corrected chi connectivity index (χ1v) is 7.22. The van der Waals surface area contributed by atoms with Crippen LogP contribution in [0.15, 0.2) is 61.1 Å². The van der Waals surface area contributed by atoms with Crippen LogP contribution in [0.2, 0.25) is 0 Å². The summed E-state index contributed by atoms with van der Waals surface area (Å²) in [5.41, 5.74) is 0.705. The second-order valence-corrected chi connectivity index (χ2v) is 4.99. The molecule has 2 aromatic carbocycles. The number of carbonyl (C=O) groups excluding carboxylic acids is 1. The van der Waals surface area contributed by atoms with E-state index in [4.69, 9.17) is 9.47 Å². The summed E-state index contributed by atoms with van der Waals surface area (Å²) in [7, 11) is 1.36. The molecule has 0 N–H and O–H groups in total. The van der Waals surface area contributed by atoms with Gasteiger partial charge in [0.05, 0.1) is 17.7 Å². The average Bonchev–Trinajstić information content (AvgIpc) is 3.12. The number of hydrogen-bond donors (Lipinski definition) is 0. The molecule has 0 fully saturated rings. The van der Waals surface area contributed by atoms with Crippen molar-refractivity contribution in [1.29, 1.82) is 0 Å². The summed E-state index contributed by atoms with van der Waals surface area (Å²) < 4.78 is 11.3. The minimum Gasteiger partial charge on any atom is -0.490 e. The highest BCUT2D eigenvalue weighted by atomic mass is 16.6. The lowest BCUT2D eigenvalue weighted by Crippen LogP contribution is -2.14. The molecular formula is C17H13N3O5. The number of nitrogens with zero attached hydrogens (tertiary/aromatic N) is 3. The van der Waals surface area contributed by atoms with Gasteiger partial charge in [-0.15, -0.1) is 0 Å². The molecule has 0 amide bonds. The predicted molar refractivity (Wildman–Crippen MR) is 88.7 cm³/mol. The van der Waals surface area contributed by atoms with Crippen LogP contribution in [0.25, 0.3) is 11.3 Å². The number of aromatic nitrogens is 2. The fourth-order valence-corrected chi connectivity index (χ4v) is 2.21. The summed E-state index contributed by atoms with van der Waals surface area (Å²) in [5, 5.41) is 11.1. The molecule has 0 atom stereocenters. The molecule has 0 radical (unpaired) electrons. The first-order valence-electron chi connectivity index (χ1n) is 7.22. The Labute approximate surface area is 142 Å². The van der Waals surface area contributed by atoms with E-state index in [1.54, 1.807) is 30.3 Å². The number of ether oxygens (including phenoxy) is 2. The third kappa shape index (κ3) is 3.47. The molecule has 3 aromatic rings. The van der Waals surface area contributed by atoms with Crippen molar-refractivity contribution in [3.05, 3.63) is 71.2 Å². The number of para-hydroxylation sites is 1. The molecule has 0 unspecified atom stereocenters. The minimum atomic E-state index is -0.632. The van der Waals surface area contributed by atoms with Gasteiger partial charge >= 0.3 is 11.8 Å². The van der Waals surface area contributed by atoms with Gasteiger partial charge in [-0.25, -0.2) is 14.3 Å². The van der Waals surface area contributed by atoms with Crippen molar-refractivity contribution in [2.45, 2.75) is 0 Å². The van der Waals surface area contributed by atoms with Gasteiger partial charge in [-0.05, 0) is 24.3 Å². The lowest BCUT2D eigenvalue weighted by molar-refractivity contribution is -0.385. The summed E-state index contributed by atoms with van der Waals surface area (Å²) in [5.74, 6) is 0.555. The standard InChI is InChI=1S/C17H13N3O5/c1-24-16-8-7-12(9-15(16)20(22)23)14-10-19(11-18-14)17(21)25-13-5-3-2-4-6-13/h2-11H,1H3. The molecule has 0 spiro atoms. The third-order valence-electron chi connectivity index (χ3n) is 3.41. The molecule has 0 saturated carbocycles. The number of nitro benzene ring substituents is 1. The van der Waals surface area contributed by atoms with Crippen molar-refractivity contribution in [3.8, 4) is 22.8 Å². The van der Waals surface area contributed by atoms with Gasteiger partial charge in [-0.2, -0.15) is 0 Å². The van der Waals surface area contributed by atoms with Crippen LogP contribution in [-0.2, 0) is 0 Å². The Bertz CT molecular complexity index is 921. The lowest BCUT2D eigenvalue weighted by Gasteiger charge is -2.04. The molecule has 1 aromatic heterocycles. The van der Waals surface area contributed by atoms with E-state index < -0.39 is 11.0 Å². The Hall–Kier alpha value is -3.68. The maximum atomic E-state index is 12.1. The quantitative estimate of drug-likeness (QED) is 0.533. The number of carbonyl (C=O) groups is 1. The molecule has 8 heteroatoms. The van der Waals surface area contributed by atoms with Crippen molar-refractivity contribution >= 4 is 11.8 Å². The van der Waals surface area contributed by atoms with Crippen molar-refractivity contribution in [2.24, 2.45) is 0 Å². The van der Waals surface area contributed by atoms with E-state index in [-0.39, 0.29) is 11.4 Å². The SMILES string of the molecule is COc1ccc(-c2cn(C(=O)Oc3ccccc3)cn2)cc1[N+](=O)[O-]. The lowest BCUT2D eigenvalue weighted by atomic mass is 10.1. The van der Waals surface area contributed by atoms with Gasteiger partial charge < -0.3 is 9.47 Å². The molecule has 0 aliphatic rings. The van der Waals surface area contributed by atoms with Crippen LogP contribution in [0.1, 0.15) is 0 Å². The van der Waals surface area contributed by atoms with Crippen molar-refractivity contribution < 1.29 is 19.2 Å². The smallest absolute Gasteiger partial charge is 0.424 e. The van der Waals surface area contributed by atoms with Crippen LogP contribution in [-0.4, -0.2) is 27.7 Å². The van der Waals surface area contributed by atoms with Crippen LogP contribution in [0.3, 0.4) is 0 Å². The predicted octanol–water partition coefficient (Wildman–Crippen LogP) is 3.51. The largest absolute Gasteiger partial charge is 0.490 e. The Kier molecular flexibility index (Phi) is 4.42. The second-order valence-electron chi connectivity index (χ2n) is 4.99. The number of rotatable bonds is 4. The van der Waals surface area contributed by atoms with E-state index in [9.17, 15) is 14.9 Å². The van der Waals surface area contributed by atoms with Crippen LogP contribution >= 0.6 is 0 Å². The van der Waals surface area contributed by atoms with Crippen LogP contribution in [0.5, 0.6) is 11.5 Å². The van der Waals surface area contributed by atoms with Crippen LogP contribution in [0, 0.1) is 10.1 Å². The molecule has 8 nitrogen and oxygen atoms in total. The van der Waals surface area contributed by atoms with Crippen LogP contribution in [0.4, 0.5) is 10.5 Å². The second kappa shape index (κ2) is 6.83. The molecule has 0 aliphatic heterocycles. The summed E-state index contributed by atoms with van der Waals surface area (Å²) >= 11 is 0. The number of nitro groups is 1.